The Morgan fingerprint density at radius 1 is 1.32 bits per heavy atom. The molecule has 3 unspecified atom stereocenters. The minimum Gasteiger partial charge on any atom is -0.467 e. The average Bonchev–Trinajstić information content (AvgIpc) is 2.42. The van der Waals surface area contributed by atoms with E-state index in [4.69, 9.17) is 4.74 Å². The van der Waals surface area contributed by atoms with Gasteiger partial charge in [-0.25, -0.2) is 4.79 Å². The maximum atomic E-state index is 11.6. The molecule has 1 aliphatic rings. The third-order valence-corrected chi connectivity index (χ3v) is 3.70. The lowest BCUT2D eigenvalue weighted by Crippen LogP contribution is -2.45. The first-order valence-electron chi connectivity index (χ1n) is 7.05. The highest BCUT2D eigenvalue weighted by molar-refractivity contribution is 5.83. The SMILES string of the molecule is CCC1CCCCC1OCC(NC(C)=O)C(=O)OC. The molecule has 1 N–H and O–H groups in total. The van der Waals surface area contributed by atoms with Crippen LogP contribution in [0.2, 0.25) is 0 Å². The standard InChI is InChI=1S/C14H25NO4/c1-4-11-7-5-6-8-13(11)19-9-12(14(17)18-3)15-10(2)16/h11-13H,4-9H2,1-3H3,(H,15,16). The van der Waals surface area contributed by atoms with Crippen LogP contribution in [0.4, 0.5) is 0 Å². The van der Waals surface area contributed by atoms with Crippen molar-refractivity contribution in [2.75, 3.05) is 13.7 Å². The molecule has 1 fully saturated rings. The predicted molar refractivity (Wildman–Crippen MR) is 71.6 cm³/mol. The van der Waals surface area contributed by atoms with Gasteiger partial charge in [-0.15, -0.1) is 0 Å². The molecule has 0 spiro atoms. The molecular weight excluding hydrogens is 246 g/mol. The van der Waals surface area contributed by atoms with Gasteiger partial charge >= 0.3 is 5.97 Å². The molecule has 5 heteroatoms. The number of esters is 1. The summed E-state index contributed by atoms with van der Waals surface area (Å²) in [5.41, 5.74) is 0. The van der Waals surface area contributed by atoms with Crippen molar-refractivity contribution in [3.63, 3.8) is 0 Å². The van der Waals surface area contributed by atoms with Gasteiger partial charge in [-0.1, -0.05) is 26.2 Å². The number of carbonyl (C=O) groups excluding carboxylic acids is 2. The summed E-state index contributed by atoms with van der Waals surface area (Å²) in [6.07, 6.45) is 5.93. The fourth-order valence-corrected chi connectivity index (χ4v) is 2.64. The van der Waals surface area contributed by atoms with E-state index in [0.29, 0.717) is 5.92 Å². The van der Waals surface area contributed by atoms with Gasteiger partial charge in [0.2, 0.25) is 5.91 Å². The summed E-state index contributed by atoms with van der Waals surface area (Å²) >= 11 is 0. The Bertz CT molecular complexity index is 306. The van der Waals surface area contributed by atoms with Crippen molar-refractivity contribution in [3.05, 3.63) is 0 Å². The molecule has 3 atom stereocenters. The number of hydrogen-bond acceptors (Lipinski definition) is 4. The molecule has 1 aliphatic carbocycles. The van der Waals surface area contributed by atoms with E-state index < -0.39 is 12.0 Å². The largest absolute Gasteiger partial charge is 0.467 e. The van der Waals surface area contributed by atoms with Crippen molar-refractivity contribution in [1.82, 2.24) is 5.32 Å². The van der Waals surface area contributed by atoms with Gasteiger partial charge in [-0.3, -0.25) is 4.79 Å². The summed E-state index contributed by atoms with van der Waals surface area (Å²) in [7, 11) is 1.31. The Labute approximate surface area is 115 Å². The van der Waals surface area contributed by atoms with Crippen molar-refractivity contribution < 1.29 is 19.1 Å². The van der Waals surface area contributed by atoms with Gasteiger partial charge in [0.15, 0.2) is 6.04 Å². The topological polar surface area (TPSA) is 64.6 Å². The Hall–Kier alpha value is -1.10. The van der Waals surface area contributed by atoms with Crippen molar-refractivity contribution in [2.24, 2.45) is 5.92 Å². The first-order chi connectivity index (χ1) is 9.08. The molecule has 1 amide bonds. The second-order valence-corrected chi connectivity index (χ2v) is 5.10. The Morgan fingerprint density at radius 2 is 2.00 bits per heavy atom. The van der Waals surface area contributed by atoms with Crippen LogP contribution in [0, 0.1) is 5.92 Å². The monoisotopic (exact) mass is 271 g/mol. The molecule has 5 nitrogen and oxygen atoms in total. The van der Waals surface area contributed by atoms with Gasteiger partial charge in [-0.05, 0) is 18.8 Å². The van der Waals surface area contributed by atoms with Gasteiger partial charge in [0, 0.05) is 6.92 Å². The quantitative estimate of drug-likeness (QED) is 0.746. The van der Waals surface area contributed by atoms with E-state index >= 15 is 0 Å². The van der Waals surface area contributed by atoms with E-state index in [0.717, 1.165) is 12.8 Å². The number of carbonyl (C=O) groups is 2. The van der Waals surface area contributed by atoms with Gasteiger partial charge in [0.1, 0.15) is 0 Å². The van der Waals surface area contributed by atoms with Gasteiger partial charge < -0.3 is 14.8 Å². The third kappa shape index (κ3) is 5.19. The molecule has 1 saturated carbocycles. The van der Waals surface area contributed by atoms with Crippen LogP contribution in [0.1, 0.15) is 46.0 Å². The number of rotatable bonds is 6. The molecule has 110 valence electrons. The summed E-state index contributed by atoms with van der Waals surface area (Å²) < 4.78 is 10.5. The first kappa shape index (κ1) is 16.0. The summed E-state index contributed by atoms with van der Waals surface area (Å²) in [6.45, 7) is 3.73. The average molecular weight is 271 g/mol. The normalized spacial score (nSPS) is 24.6. The smallest absolute Gasteiger partial charge is 0.330 e. The summed E-state index contributed by atoms with van der Waals surface area (Å²) in [5, 5.41) is 2.56. The molecule has 0 radical (unpaired) electrons. The maximum Gasteiger partial charge on any atom is 0.330 e. The molecule has 0 aliphatic heterocycles. The molecule has 0 saturated heterocycles. The highest BCUT2D eigenvalue weighted by Crippen LogP contribution is 2.29. The van der Waals surface area contributed by atoms with Crippen molar-refractivity contribution >= 4 is 11.9 Å². The zero-order valence-corrected chi connectivity index (χ0v) is 12.1. The highest BCUT2D eigenvalue weighted by atomic mass is 16.5. The second-order valence-electron chi connectivity index (χ2n) is 5.10. The molecule has 0 aromatic rings. The Kier molecular flexibility index (Phi) is 6.84. The Balaban J connectivity index is 2.49. The lowest BCUT2D eigenvalue weighted by atomic mass is 9.85. The fourth-order valence-electron chi connectivity index (χ4n) is 2.64. The lowest BCUT2D eigenvalue weighted by molar-refractivity contribution is -0.148. The van der Waals surface area contributed by atoms with Crippen LogP contribution in [0.3, 0.4) is 0 Å². The summed E-state index contributed by atoms with van der Waals surface area (Å²) in [6, 6.07) is -0.707. The van der Waals surface area contributed by atoms with E-state index in [9.17, 15) is 9.59 Å². The van der Waals surface area contributed by atoms with Crippen molar-refractivity contribution in [3.8, 4) is 0 Å². The number of amides is 1. The van der Waals surface area contributed by atoms with Crippen LogP contribution in [0.25, 0.3) is 0 Å². The lowest BCUT2D eigenvalue weighted by Gasteiger charge is -2.31. The van der Waals surface area contributed by atoms with E-state index in [1.165, 1.54) is 33.3 Å². The molecule has 19 heavy (non-hydrogen) atoms. The molecule has 0 aromatic carbocycles. The number of methoxy groups -OCH3 is 1. The molecule has 0 aromatic heterocycles. The van der Waals surface area contributed by atoms with Crippen LogP contribution in [-0.4, -0.2) is 37.7 Å². The van der Waals surface area contributed by atoms with Crippen LogP contribution in [0.15, 0.2) is 0 Å². The predicted octanol–water partition coefficient (Wildman–Crippen LogP) is 1.65. The zero-order chi connectivity index (χ0) is 14.3. The van der Waals surface area contributed by atoms with Gasteiger partial charge in [-0.2, -0.15) is 0 Å². The van der Waals surface area contributed by atoms with Crippen LogP contribution in [-0.2, 0) is 19.1 Å². The van der Waals surface area contributed by atoms with E-state index in [1.807, 2.05) is 0 Å². The minimum absolute atomic E-state index is 0.188. The molecule has 0 bridgehead atoms. The van der Waals surface area contributed by atoms with Crippen LogP contribution >= 0.6 is 0 Å². The van der Waals surface area contributed by atoms with E-state index in [-0.39, 0.29) is 18.6 Å². The highest BCUT2D eigenvalue weighted by Gasteiger charge is 2.27. The number of hydrogen-bond donors (Lipinski definition) is 1. The number of nitrogens with one attached hydrogen (secondary N) is 1. The van der Waals surface area contributed by atoms with E-state index in [1.54, 1.807) is 0 Å². The summed E-state index contributed by atoms with van der Waals surface area (Å²) in [4.78, 5) is 22.6. The van der Waals surface area contributed by atoms with Gasteiger partial charge in [0.05, 0.1) is 19.8 Å². The Morgan fingerprint density at radius 3 is 2.58 bits per heavy atom. The summed E-state index contributed by atoms with van der Waals surface area (Å²) in [5.74, 6) is -0.155. The van der Waals surface area contributed by atoms with Crippen LogP contribution < -0.4 is 5.32 Å². The van der Waals surface area contributed by atoms with Gasteiger partial charge in [0.25, 0.3) is 0 Å². The van der Waals surface area contributed by atoms with Crippen molar-refractivity contribution in [2.45, 2.75) is 58.1 Å². The van der Waals surface area contributed by atoms with E-state index in [2.05, 4.69) is 17.0 Å². The number of ether oxygens (including phenoxy) is 2. The first-order valence-corrected chi connectivity index (χ1v) is 7.05. The molecule has 1 rings (SSSR count). The maximum absolute atomic E-state index is 11.6. The van der Waals surface area contributed by atoms with Crippen LogP contribution in [0.5, 0.6) is 0 Å². The molecule has 0 heterocycles. The minimum atomic E-state index is -0.707. The van der Waals surface area contributed by atoms with Crippen molar-refractivity contribution in [1.29, 1.82) is 0 Å². The fraction of sp³-hybridized carbons (Fsp3) is 0.857. The third-order valence-electron chi connectivity index (χ3n) is 3.70. The second kappa shape index (κ2) is 8.15. The zero-order valence-electron chi connectivity index (χ0n) is 12.1. The molecular formula is C14H25NO4.